The zero-order chi connectivity index (χ0) is 30.7. The van der Waals surface area contributed by atoms with Crippen molar-refractivity contribution in [3.63, 3.8) is 0 Å². The Balaban J connectivity index is 1.46. The van der Waals surface area contributed by atoms with Crippen LogP contribution in [0, 0.1) is 5.92 Å². The second-order valence-corrected chi connectivity index (χ2v) is 14.5. The summed E-state index contributed by atoms with van der Waals surface area (Å²) in [4.78, 5) is 33.6. The summed E-state index contributed by atoms with van der Waals surface area (Å²) < 4.78 is 5.07. The lowest BCUT2D eigenvalue weighted by Gasteiger charge is -2.19. The van der Waals surface area contributed by atoms with Crippen LogP contribution in [0.1, 0.15) is 97.7 Å². The molecule has 1 aliphatic carbocycles. The number of nitrogens with zero attached hydrogens (tertiary/aromatic N) is 1. The molecule has 1 atom stereocenters. The molecule has 1 aliphatic rings. The molecule has 43 heavy (non-hydrogen) atoms. The van der Waals surface area contributed by atoms with E-state index in [0.717, 1.165) is 33.3 Å². The highest BCUT2D eigenvalue weighted by molar-refractivity contribution is 7.12. The number of benzene rings is 2. The summed E-state index contributed by atoms with van der Waals surface area (Å²) in [5.74, 6) is 0.170. The number of amides is 1. The summed E-state index contributed by atoms with van der Waals surface area (Å²) in [7, 11) is 1.36. The summed E-state index contributed by atoms with van der Waals surface area (Å²) in [6.07, 6.45) is 6.11. The van der Waals surface area contributed by atoms with Crippen molar-refractivity contribution in [2.24, 2.45) is 5.92 Å². The number of methoxy groups -OCH3 is 1. The Hall–Kier alpha value is -3.51. The number of rotatable bonds is 9. The molecule has 0 saturated heterocycles. The first-order chi connectivity index (χ1) is 20.5. The topological polar surface area (TPSA) is 68.3 Å². The van der Waals surface area contributed by atoms with Gasteiger partial charge in [-0.15, -0.1) is 11.3 Å². The van der Waals surface area contributed by atoms with Gasteiger partial charge >= 0.3 is 5.97 Å². The molecular formula is C37H44N2O3S. The number of hydrogen-bond acceptors (Lipinski definition) is 5. The van der Waals surface area contributed by atoms with E-state index in [2.05, 4.69) is 88.5 Å². The predicted molar refractivity (Wildman–Crippen MR) is 177 cm³/mol. The largest absolute Gasteiger partial charge is 0.467 e. The van der Waals surface area contributed by atoms with Crippen molar-refractivity contribution in [2.45, 2.75) is 90.5 Å². The second kappa shape index (κ2) is 13.0. The van der Waals surface area contributed by atoms with Gasteiger partial charge in [0.15, 0.2) is 0 Å². The first-order valence-electron chi connectivity index (χ1n) is 15.5. The molecule has 5 nitrogen and oxygen atoms in total. The number of carbonyl (C=O) groups excluding carboxylic acids is 2. The Labute approximate surface area is 260 Å². The summed E-state index contributed by atoms with van der Waals surface area (Å²) in [5, 5.41) is 5.01. The molecule has 2 aromatic heterocycles. The monoisotopic (exact) mass is 596 g/mol. The van der Waals surface area contributed by atoms with E-state index in [4.69, 9.17) is 9.72 Å². The van der Waals surface area contributed by atoms with Crippen LogP contribution in [0.4, 0.5) is 0 Å². The molecule has 4 aromatic rings. The van der Waals surface area contributed by atoms with E-state index < -0.39 is 12.0 Å². The molecule has 1 saturated carbocycles. The first-order valence-corrected chi connectivity index (χ1v) is 16.4. The zero-order valence-electron chi connectivity index (χ0n) is 26.3. The number of ether oxygens (including phenoxy) is 1. The Morgan fingerprint density at radius 3 is 2.30 bits per heavy atom. The highest BCUT2D eigenvalue weighted by Crippen LogP contribution is 2.33. The number of nitrogens with one attached hydrogen (secondary N) is 1. The second-order valence-electron chi connectivity index (χ2n) is 13.3. The molecule has 0 unspecified atom stereocenters. The van der Waals surface area contributed by atoms with Gasteiger partial charge in [0.05, 0.1) is 7.11 Å². The first kappa shape index (κ1) is 30.9. The normalized spacial score (nSPS) is 14.8. The fourth-order valence-electron chi connectivity index (χ4n) is 6.00. The highest BCUT2D eigenvalue weighted by atomic mass is 32.1. The number of carbonyl (C=O) groups is 2. The van der Waals surface area contributed by atoms with Gasteiger partial charge in [0.1, 0.15) is 11.7 Å². The van der Waals surface area contributed by atoms with Gasteiger partial charge in [-0.1, -0.05) is 96.7 Å². The van der Waals surface area contributed by atoms with Crippen molar-refractivity contribution < 1.29 is 14.3 Å². The SMILES string of the molecule is COC(=O)[C@H](Cc1ccc(C(C)C)s1)NC(=O)c1cc2ccc(-c3ccc(C(C)(C)C)cc3)cc2c(CC2CCCC2)n1. The third-order valence-corrected chi connectivity index (χ3v) is 10.0. The average molecular weight is 597 g/mol. The van der Waals surface area contributed by atoms with E-state index >= 15 is 0 Å². The van der Waals surface area contributed by atoms with Gasteiger partial charge < -0.3 is 10.1 Å². The van der Waals surface area contributed by atoms with Crippen LogP contribution in [0.2, 0.25) is 0 Å². The van der Waals surface area contributed by atoms with Gasteiger partial charge in [-0.05, 0) is 70.0 Å². The van der Waals surface area contributed by atoms with Crippen LogP contribution in [0.5, 0.6) is 0 Å². The number of pyridine rings is 1. The highest BCUT2D eigenvalue weighted by Gasteiger charge is 2.26. The number of fused-ring (bicyclic) bond motifs is 1. The van der Waals surface area contributed by atoms with E-state index in [1.165, 1.54) is 48.8 Å². The van der Waals surface area contributed by atoms with Crippen molar-refractivity contribution >= 4 is 34.0 Å². The molecule has 0 radical (unpaired) electrons. The molecule has 1 fully saturated rings. The standard InChI is InChI=1S/C37H44N2O3S/c1-23(2)34-18-17-29(43-34)22-33(36(41)42-6)39-35(40)32-21-27-12-11-26(25-13-15-28(16-14-25)37(3,4)5)20-30(27)31(38-32)19-24-9-7-8-10-24/h11-18,20-21,23-24,33H,7-10,19,22H2,1-6H3,(H,39,40)/t33-/m0/s1. The van der Waals surface area contributed by atoms with Gasteiger partial charge in [0.25, 0.3) is 5.91 Å². The number of esters is 1. The molecule has 0 aliphatic heterocycles. The average Bonchev–Trinajstić information content (AvgIpc) is 3.68. The van der Waals surface area contributed by atoms with Crippen LogP contribution in [0.25, 0.3) is 21.9 Å². The summed E-state index contributed by atoms with van der Waals surface area (Å²) in [6, 6.07) is 20.4. The summed E-state index contributed by atoms with van der Waals surface area (Å²) in [5.41, 5.74) is 5.01. The van der Waals surface area contributed by atoms with Gasteiger partial charge in [-0.25, -0.2) is 9.78 Å². The molecule has 0 bridgehead atoms. The molecular weight excluding hydrogens is 552 g/mol. The van der Waals surface area contributed by atoms with Gasteiger partial charge in [-0.3, -0.25) is 4.79 Å². The minimum atomic E-state index is -0.787. The Kier molecular flexibility index (Phi) is 9.36. The molecule has 2 aromatic carbocycles. The Morgan fingerprint density at radius 2 is 1.67 bits per heavy atom. The van der Waals surface area contributed by atoms with Crippen molar-refractivity contribution in [1.82, 2.24) is 10.3 Å². The lowest BCUT2D eigenvalue weighted by molar-refractivity contribution is -0.142. The molecule has 1 N–H and O–H groups in total. The maximum atomic E-state index is 13.6. The van der Waals surface area contributed by atoms with E-state index in [9.17, 15) is 9.59 Å². The van der Waals surface area contributed by atoms with Crippen molar-refractivity contribution in [2.75, 3.05) is 7.11 Å². The fraction of sp³-hybridized carbons (Fsp3) is 0.432. The Morgan fingerprint density at radius 1 is 0.977 bits per heavy atom. The van der Waals surface area contributed by atoms with Crippen LogP contribution in [0.3, 0.4) is 0 Å². The van der Waals surface area contributed by atoms with Gasteiger partial charge in [0, 0.05) is 27.3 Å². The maximum Gasteiger partial charge on any atom is 0.328 e. The van der Waals surface area contributed by atoms with Crippen LogP contribution < -0.4 is 5.32 Å². The molecule has 226 valence electrons. The van der Waals surface area contributed by atoms with E-state index in [1.54, 1.807) is 11.3 Å². The number of aromatic nitrogens is 1. The summed E-state index contributed by atoms with van der Waals surface area (Å²) >= 11 is 1.67. The lowest BCUT2D eigenvalue weighted by atomic mass is 9.86. The molecule has 2 heterocycles. The minimum absolute atomic E-state index is 0.102. The maximum absolute atomic E-state index is 13.6. The number of thiophene rings is 1. The van der Waals surface area contributed by atoms with Gasteiger partial charge in [0.2, 0.25) is 0 Å². The van der Waals surface area contributed by atoms with E-state index in [-0.39, 0.29) is 11.3 Å². The fourth-order valence-corrected chi connectivity index (χ4v) is 7.06. The lowest BCUT2D eigenvalue weighted by Crippen LogP contribution is -2.43. The summed E-state index contributed by atoms with van der Waals surface area (Å²) in [6.45, 7) is 11.0. The van der Waals surface area contributed by atoms with Crippen LogP contribution >= 0.6 is 11.3 Å². The molecule has 0 spiro atoms. The predicted octanol–water partition coefficient (Wildman–Crippen LogP) is 8.63. The molecule has 6 heteroatoms. The van der Waals surface area contributed by atoms with Crippen molar-refractivity contribution in [3.8, 4) is 11.1 Å². The minimum Gasteiger partial charge on any atom is -0.467 e. The molecule has 5 rings (SSSR count). The third-order valence-electron chi connectivity index (χ3n) is 8.63. The van der Waals surface area contributed by atoms with Crippen molar-refractivity contribution in [1.29, 1.82) is 0 Å². The van der Waals surface area contributed by atoms with Crippen LogP contribution in [-0.2, 0) is 27.8 Å². The number of hydrogen-bond donors (Lipinski definition) is 1. The molecule has 1 amide bonds. The quantitative estimate of drug-likeness (QED) is 0.196. The Bertz CT molecular complexity index is 1590. The smallest absolute Gasteiger partial charge is 0.328 e. The zero-order valence-corrected chi connectivity index (χ0v) is 27.1. The van der Waals surface area contributed by atoms with E-state index in [0.29, 0.717) is 24.0 Å². The van der Waals surface area contributed by atoms with Crippen LogP contribution in [-0.4, -0.2) is 30.0 Å². The van der Waals surface area contributed by atoms with Crippen molar-refractivity contribution in [3.05, 3.63) is 87.4 Å². The van der Waals surface area contributed by atoms with Gasteiger partial charge in [-0.2, -0.15) is 0 Å². The van der Waals surface area contributed by atoms with Crippen LogP contribution in [0.15, 0.2) is 60.7 Å². The van der Waals surface area contributed by atoms with E-state index in [1.807, 2.05) is 12.1 Å². The third kappa shape index (κ3) is 7.35.